The Balaban J connectivity index is 2.39. The molecule has 58 valence electrons. The van der Waals surface area contributed by atoms with Gasteiger partial charge in [0.15, 0.2) is 0 Å². The van der Waals surface area contributed by atoms with Gasteiger partial charge >= 0.3 is 13.3 Å². The molecule has 1 unspecified atom stereocenters. The lowest BCUT2D eigenvalue weighted by molar-refractivity contribution is -0.147. The fourth-order valence-electron chi connectivity index (χ4n) is 0.921. The van der Waals surface area contributed by atoms with Gasteiger partial charge in [-0.3, -0.25) is 0 Å². The van der Waals surface area contributed by atoms with E-state index in [0.717, 1.165) is 0 Å². The first-order valence-electron chi connectivity index (χ1n) is 2.86. The Morgan fingerprint density at radius 3 is 1.90 bits per heavy atom. The van der Waals surface area contributed by atoms with Crippen molar-refractivity contribution in [1.82, 2.24) is 0 Å². The van der Waals surface area contributed by atoms with Crippen LogP contribution in [0.3, 0.4) is 0 Å². The highest BCUT2D eigenvalue weighted by molar-refractivity contribution is 6.44. The average molecular weight is 154 g/mol. The van der Waals surface area contributed by atoms with Crippen LogP contribution in [-0.4, -0.2) is 23.3 Å². The second-order valence-electron chi connectivity index (χ2n) is 2.46. The molecule has 2 N–H and O–H groups in total. The van der Waals surface area contributed by atoms with E-state index in [0.29, 0.717) is 0 Å². The summed E-state index contributed by atoms with van der Waals surface area (Å²) in [7, 11) is -1.81. The number of rotatable bonds is 1. The fraction of sp³-hybridized carbons (Fsp3) is 1.00. The van der Waals surface area contributed by atoms with Gasteiger partial charge in [0, 0.05) is 5.82 Å². The standard InChI is InChI=1S/C4H6BF3O2/c6-4(7,8)2-1-3(2)5(9)10/h2-3,9-10H,1H2/t2-,3?/m0/s1. The average Bonchev–Trinajstić information content (AvgIpc) is 2.35. The molecule has 0 saturated heterocycles. The minimum Gasteiger partial charge on any atom is -0.427 e. The minimum absolute atomic E-state index is 0.152. The van der Waals surface area contributed by atoms with Crippen LogP contribution in [0.1, 0.15) is 6.42 Å². The van der Waals surface area contributed by atoms with Crippen LogP contribution in [0.2, 0.25) is 5.82 Å². The van der Waals surface area contributed by atoms with Gasteiger partial charge in [0.25, 0.3) is 0 Å². The fourth-order valence-corrected chi connectivity index (χ4v) is 0.921. The van der Waals surface area contributed by atoms with Crippen molar-refractivity contribution in [3.8, 4) is 0 Å². The van der Waals surface area contributed by atoms with E-state index in [1.807, 2.05) is 0 Å². The summed E-state index contributed by atoms with van der Waals surface area (Å²) in [6.45, 7) is 0. The van der Waals surface area contributed by atoms with Crippen LogP contribution in [0.15, 0.2) is 0 Å². The molecular weight excluding hydrogens is 148 g/mol. The van der Waals surface area contributed by atoms with Gasteiger partial charge in [0.05, 0.1) is 5.92 Å². The summed E-state index contributed by atoms with van der Waals surface area (Å²) in [6, 6.07) is 0. The molecule has 1 fully saturated rings. The van der Waals surface area contributed by atoms with Crippen LogP contribution in [0.4, 0.5) is 13.2 Å². The summed E-state index contributed by atoms with van der Waals surface area (Å²) in [6.07, 6.45) is -4.41. The predicted octanol–water partition coefficient (Wildman–Crippen LogP) is 0.412. The SMILES string of the molecule is OB(O)C1C[C@@H]1C(F)(F)F. The summed E-state index contributed by atoms with van der Waals surface area (Å²) in [5.41, 5.74) is 0. The lowest BCUT2D eigenvalue weighted by Crippen LogP contribution is -2.18. The van der Waals surface area contributed by atoms with Gasteiger partial charge in [-0.2, -0.15) is 13.2 Å². The third kappa shape index (κ3) is 1.43. The molecule has 0 heterocycles. The highest BCUT2D eigenvalue weighted by Gasteiger charge is 2.59. The van der Waals surface area contributed by atoms with E-state index in [2.05, 4.69) is 0 Å². The van der Waals surface area contributed by atoms with E-state index in [9.17, 15) is 13.2 Å². The largest absolute Gasteiger partial charge is 0.455 e. The third-order valence-electron chi connectivity index (χ3n) is 1.64. The summed E-state index contributed by atoms with van der Waals surface area (Å²) in [5.74, 6) is -2.48. The van der Waals surface area contributed by atoms with Gasteiger partial charge in [-0.1, -0.05) is 0 Å². The predicted molar refractivity (Wildman–Crippen MR) is 28.1 cm³/mol. The normalized spacial score (nSPS) is 32.1. The molecule has 0 aliphatic heterocycles. The molecule has 1 saturated carbocycles. The number of alkyl halides is 3. The summed E-state index contributed by atoms with van der Waals surface area (Å²) >= 11 is 0. The van der Waals surface area contributed by atoms with Crippen molar-refractivity contribution in [3.05, 3.63) is 0 Å². The van der Waals surface area contributed by atoms with Gasteiger partial charge in [-0.15, -0.1) is 0 Å². The molecule has 2 nitrogen and oxygen atoms in total. The highest BCUT2D eigenvalue weighted by Crippen LogP contribution is 2.55. The van der Waals surface area contributed by atoms with Crippen molar-refractivity contribution >= 4 is 7.12 Å². The maximum Gasteiger partial charge on any atom is 0.455 e. The van der Waals surface area contributed by atoms with E-state index in [-0.39, 0.29) is 6.42 Å². The molecule has 0 aromatic rings. The van der Waals surface area contributed by atoms with E-state index >= 15 is 0 Å². The zero-order valence-electron chi connectivity index (χ0n) is 4.97. The molecule has 2 atom stereocenters. The lowest BCUT2D eigenvalue weighted by Gasteiger charge is -2.03. The summed E-state index contributed by atoms with van der Waals surface area (Å²) in [5, 5.41) is 16.6. The van der Waals surface area contributed by atoms with Crippen molar-refractivity contribution in [2.75, 3.05) is 0 Å². The first-order chi connectivity index (χ1) is 4.43. The van der Waals surface area contributed by atoms with Crippen molar-refractivity contribution in [3.63, 3.8) is 0 Å². The Kier molecular flexibility index (Phi) is 1.68. The van der Waals surface area contributed by atoms with Crippen molar-refractivity contribution in [2.24, 2.45) is 5.92 Å². The second kappa shape index (κ2) is 2.13. The molecule has 1 rings (SSSR count). The van der Waals surface area contributed by atoms with Gasteiger partial charge < -0.3 is 10.0 Å². The molecule has 10 heavy (non-hydrogen) atoms. The van der Waals surface area contributed by atoms with Crippen LogP contribution in [-0.2, 0) is 0 Å². The summed E-state index contributed by atoms with van der Waals surface area (Å²) in [4.78, 5) is 0. The number of hydrogen-bond donors (Lipinski definition) is 2. The Hall–Kier alpha value is -0.225. The van der Waals surface area contributed by atoms with Gasteiger partial charge in [-0.25, -0.2) is 0 Å². The van der Waals surface area contributed by atoms with E-state index in [1.165, 1.54) is 0 Å². The molecule has 1 aliphatic carbocycles. The van der Waals surface area contributed by atoms with E-state index < -0.39 is 25.0 Å². The monoisotopic (exact) mass is 154 g/mol. The highest BCUT2D eigenvalue weighted by atomic mass is 19.4. The van der Waals surface area contributed by atoms with Crippen LogP contribution in [0.25, 0.3) is 0 Å². The first kappa shape index (κ1) is 7.88. The van der Waals surface area contributed by atoms with Crippen LogP contribution < -0.4 is 0 Å². The van der Waals surface area contributed by atoms with Crippen molar-refractivity contribution in [1.29, 1.82) is 0 Å². The molecule has 6 heteroatoms. The first-order valence-corrected chi connectivity index (χ1v) is 2.86. The van der Waals surface area contributed by atoms with Crippen molar-refractivity contribution < 1.29 is 23.2 Å². The molecule has 0 aromatic carbocycles. The molecule has 0 aromatic heterocycles. The Morgan fingerprint density at radius 2 is 1.80 bits per heavy atom. The third-order valence-corrected chi connectivity index (χ3v) is 1.64. The Morgan fingerprint density at radius 1 is 1.30 bits per heavy atom. The number of halogens is 3. The number of hydrogen-bond acceptors (Lipinski definition) is 2. The molecule has 0 radical (unpaired) electrons. The zero-order valence-corrected chi connectivity index (χ0v) is 4.97. The summed E-state index contributed by atoms with van der Waals surface area (Å²) < 4.78 is 34.9. The zero-order chi connectivity index (χ0) is 7.94. The van der Waals surface area contributed by atoms with Crippen LogP contribution in [0.5, 0.6) is 0 Å². The van der Waals surface area contributed by atoms with Gasteiger partial charge in [0.1, 0.15) is 0 Å². The smallest absolute Gasteiger partial charge is 0.427 e. The maximum absolute atomic E-state index is 11.6. The quantitative estimate of drug-likeness (QED) is 0.537. The minimum atomic E-state index is -4.26. The second-order valence-corrected chi connectivity index (χ2v) is 2.46. The van der Waals surface area contributed by atoms with E-state index in [4.69, 9.17) is 10.0 Å². The maximum atomic E-state index is 11.6. The van der Waals surface area contributed by atoms with Gasteiger partial charge in [-0.05, 0) is 6.42 Å². The van der Waals surface area contributed by atoms with Gasteiger partial charge in [0.2, 0.25) is 0 Å². The Bertz CT molecular complexity index is 135. The topological polar surface area (TPSA) is 40.5 Å². The molecule has 0 spiro atoms. The lowest BCUT2D eigenvalue weighted by atomic mass is 9.82. The molecule has 0 amide bonds. The molecule has 0 bridgehead atoms. The van der Waals surface area contributed by atoms with Crippen LogP contribution in [0, 0.1) is 5.92 Å². The molecular formula is C4H6BF3O2. The molecule has 1 aliphatic rings. The van der Waals surface area contributed by atoms with Crippen molar-refractivity contribution in [2.45, 2.75) is 18.4 Å². The van der Waals surface area contributed by atoms with E-state index in [1.54, 1.807) is 0 Å². The Labute approximate surface area is 55.8 Å². The van der Waals surface area contributed by atoms with Crippen LogP contribution >= 0.6 is 0 Å².